The Morgan fingerprint density at radius 3 is 2.86 bits per heavy atom. The van der Waals surface area contributed by atoms with Gasteiger partial charge < -0.3 is 19.4 Å². The smallest absolute Gasteiger partial charge is 0.203 e. The molecule has 2 aromatic rings. The van der Waals surface area contributed by atoms with Crippen LogP contribution in [0.5, 0.6) is 11.5 Å². The molecule has 1 aliphatic heterocycles. The highest BCUT2D eigenvalue weighted by atomic mass is 16.6. The van der Waals surface area contributed by atoms with E-state index >= 15 is 0 Å². The van der Waals surface area contributed by atoms with Gasteiger partial charge in [0, 0.05) is 19.3 Å². The molecule has 2 heterocycles. The maximum absolute atomic E-state index is 5.63. The van der Waals surface area contributed by atoms with Gasteiger partial charge in [-0.3, -0.25) is 0 Å². The van der Waals surface area contributed by atoms with Gasteiger partial charge in [0.15, 0.2) is 11.5 Å². The Morgan fingerprint density at radius 2 is 2.05 bits per heavy atom. The summed E-state index contributed by atoms with van der Waals surface area (Å²) >= 11 is 0. The van der Waals surface area contributed by atoms with Gasteiger partial charge in [0.1, 0.15) is 13.2 Å². The van der Waals surface area contributed by atoms with Crippen molar-refractivity contribution in [3.8, 4) is 11.5 Å². The number of benzene rings is 1. The Bertz CT molecular complexity index is 622. The standard InChI is InChI=1S/C16H21N3O2/c1-3-17-16-18-12(2)11-19(16)7-6-13-4-5-14-15(10-13)21-9-8-20-14/h4-5,10-11H,3,6-9H2,1-2H3,(H,17,18). The van der Waals surface area contributed by atoms with Gasteiger partial charge in [-0.25, -0.2) is 4.98 Å². The summed E-state index contributed by atoms with van der Waals surface area (Å²) < 4.78 is 13.3. The summed E-state index contributed by atoms with van der Waals surface area (Å²) in [5.74, 6) is 2.64. The van der Waals surface area contributed by atoms with Crippen LogP contribution in [0.25, 0.3) is 0 Å². The lowest BCUT2D eigenvalue weighted by Gasteiger charge is -2.19. The molecule has 0 saturated heterocycles. The molecular weight excluding hydrogens is 266 g/mol. The molecule has 0 radical (unpaired) electrons. The third-order valence-corrected chi connectivity index (χ3v) is 3.48. The predicted molar refractivity (Wildman–Crippen MR) is 82.3 cm³/mol. The number of aryl methyl sites for hydroxylation is 3. The van der Waals surface area contributed by atoms with Crippen molar-refractivity contribution in [1.82, 2.24) is 9.55 Å². The van der Waals surface area contributed by atoms with E-state index in [2.05, 4.69) is 40.1 Å². The van der Waals surface area contributed by atoms with Crippen molar-refractivity contribution in [3.05, 3.63) is 35.7 Å². The second-order valence-corrected chi connectivity index (χ2v) is 5.16. The highest BCUT2D eigenvalue weighted by Crippen LogP contribution is 2.31. The zero-order valence-electron chi connectivity index (χ0n) is 12.6. The van der Waals surface area contributed by atoms with E-state index in [0.717, 1.165) is 42.7 Å². The lowest BCUT2D eigenvalue weighted by atomic mass is 10.1. The maximum Gasteiger partial charge on any atom is 0.203 e. The predicted octanol–water partition coefficient (Wildman–Crippen LogP) is 2.64. The van der Waals surface area contributed by atoms with E-state index < -0.39 is 0 Å². The summed E-state index contributed by atoms with van der Waals surface area (Å²) in [6.45, 7) is 7.12. The van der Waals surface area contributed by atoms with Gasteiger partial charge in [0.2, 0.25) is 5.95 Å². The van der Waals surface area contributed by atoms with E-state index in [4.69, 9.17) is 9.47 Å². The third kappa shape index (κ3) is 3.12. The molecule has 0 spiro atoms. The van der Waals surface area contributed by atoms with Gasteiger partial charge in [-0.2, -0.15) is 0 Å². The normalized spacial score (nSPS) is 13.2. The fourth-order valence-electron chi connectivity index (χ4n) is 2.51. The number of fused-ring (bicyclic) bond motifs is 1. The molecule has 0 aliphatic carbocycles. The first kappa shape index (κ1) is 13.8. The van der Waals surface area contributed by atoms with Gasteiger partial charge in [-0.15, -0.1) is 0 Å². The molecule has 0 fully saturated rings. The average molecular weight is 287 g/mol. The number of ether oxygens (including phenoxy) is 2. The van der Waals surface area contributed by atoms with Crippen LogP contribution < -0.4 is 14.8 Å². The Kier molecular flexibility index (Phi) is 3.99. The lowest BCUT2D eigenvalue weighted by Crippen LogP contribution is -2.15. The van der Waals surface area contributed by atoms with Crippen LogP contribution in [-0.2, 0) is 13.0 Å². The summed E-state index contributed by atoms with van der Waals surface area (Å²) in [7, 11) is 0. The molecule has 3 rings (SSSR count). The van der Waals surface area contributed by atoms with Crippen LogP contribution in [0.1, 0.15) is 18.2 Å². The molecule has 0 amide bonds. The largest absolute Gasteiger partial charge is 0.486 e. The maximum atomic E-state index is 5.63. The molecule has 5 heteroatoms. The summed E-state index contributed by atoms with van der Waals surface area (Å²) in [5.41, 5.74) is 2.28. The topological polar surface area (TPSA) is 48.3 Å². The van der Waals surface area contributed by atoms with E-state index in [-0.39, 0.29) is 0 Å². The monoisotopic (exact) mass is 287 g/mol. The number of hydrogen-bond donors (Lipinski definition) is 1. The zero-order valence-corrected chi connectivity index (χ0v) is 12.6. The fraction of sp³-hybridized carbons (Fsp3) is 0.438. The number of aromatic nitrogens is 2. The first-order valence-electron chi connectivity index (χ1n) is 7.42. The number of nitrogens with one attached hydrogen (secondary N) is 1. The van der Waals surface area contributed by atoms with Crippen molar-refractivity contribution >= 4 is 5.95 Å². The second kappa shape index (κ2) is 6.08. The van der Waals surface area contributed by atoms with Crippen molar-refractivity contribution in [3.63, 3.8) is 0 Å². The summed E-state index contributed by atoms with van der Waals surface area (Å²) in [6.07, 6.45) is 3.01. The van der Waals surface area contributed by atoms with Crippen LogP contribution in [0, 0.1) is 6.92 Å². The Balaban J connectivity index is 1.70. The van der Waals surface area contributed by atoms with Gasteiger partial charge in [-0.05, 0) is 38.0 Å². The number of imidazole rings is 1. The number of anilines is 1. The molecule has 1 aromatic heterocycles. The molecule has 5 nitrogen and oxygen atoms in total. The first-order chi connectivity index (χ1) is 10.3. The summed E-state index contributed by atoms with van der Waals surface area (Å²) in [4.78, 5) is 4.49. The number of nitrogens with zero attached hydrogens (tertiary/aromatic N) is 2. The zero-order chi connectivity index (χ0) is 14.7. The summed E-state index contributed by atoms with van der Waals surface area (Å²) in [6, 6.07) is 6.17. The van der Waals surface area contributed by atoms with E-state index in [0.29, 0.717) is 13.2 Å². The molecule has 0 bridgehead atoms. The van der Waals surface area contributed by atoms with Gasteiger partial charge >= 0.3 is 0 Å². The highest BCUT2D eigenvalue weighted by molar-refractivity contribution is 5.43. The minimum absolute atomic E-state index is 0.627. The minimum atomic E-state index is 0.627. The fourth-order valence-corrected chi connectivity index (χ4v) is 2.51. The number of rotatable bonds is 5. The van der Waals surface area contributed by atoms with Gasteiger partial charge in [0.05, 0.1) is 5.69 Å². The van der Waals surface area contributed by atoms with E-state index in [1.165, 1.54) is 5.56 Å². The second-order valence-electron chi connectivity index (χ2n) is 5.16. The molecular formula is C16H21N3O2. The van der Waals surface area contributed by atoms with Crippen LogP contribution in [0.15, 0.2) is 24.4 Å². The average Bonchev–Trinajstić information content (AvgIpc) is 2.85. The molecule has 21 heavy (non-hydrogen) atoms. The van der Waals surface area contributed by atoms with Crippen molar-refractivity contribution in [2.75, 3.05) is 25.1 Å². The summed E-state index contributed by atoms with van der Waals surface area (Å²) in [5, 5.41) is 3.29. The van der Waals surface area contributed by atoms with Crippen LogP contribution >= 0.6 is 0 Å². The first-order valence-corrected chi connectivity index (χ1v) is 7.42. The quantitative estimate of drug-likeness (QED) is 0.918. The third-order valence-electron chi connectivity index (χ3n) is 3.48. The Morgan fingerprint density at radius 1 is 1.24 bits per heavy atom. The Hall–Kier alpha value is -2.17. The van der Waals surface area contributed by atoms with Crippen LogP contribution in [-0.4, -0.2) is 29.3 Å². The molecule has 0 saturated carbocycles. The van der Waals surface area contributed by atoms with Crippen LogP contribution in [0.4, 0.5) is 5.95 Å². The molecule has 1 N–H and O–H groups in total. The van der Waals surface area contributed by atoms with Crippen molar-refractivity contribution in [1.29, 1.82) is 0 Å². The van der Waals surface area contributed by atoms with E-state index in [1.54, 1.807) is 0 Å². The lowest BCUT2D eigenvalue weighted by molar-refractivity contribution is 0.171. The van der Waals surface area contributed by atoms with Crippen molar-refractivity contribution in [2.24, 2.45) is 0 Å². The van der Waals surface area contributed by atoms with Gasteiger partial charge in [-0.1, -0.05) is 6.07 Å². The molecule has 1 aliphatic rings. The highest BCUT2D eigenvalue weighted by Gasteiger charge is 2.12. The van der Waals surface area contributed by atoms with Crippen LogP contribution in [0.2, 0.25) is 0 Å². The molecule has 112 valence electrons. The van der Waals surface area contributed by atoms with E-state index in [1.807, 2.05) is 13.0 Å². The molecule has 1 aromatic carbocycles. The Labute approximate surface area is 124 Å². The molecule has 0 unspecified atom stereocenters. The van der Waals surface area contributed by atoms with Crippen molar-refractivity contribution in [2.45, 2.75) is 26.8 Å². The van der Waals surface area contributed by atoms with Crippen molar-refractivity contribution < 1.29 is 9.47 Å². The SMILES string of the molecule is CCNc1nc(C)cn1CCc1ccc2c(c1)OCCO2. The molecule has 0 atom stereocenters. The van der Waals surface area contributed by atoms with Crippen LogP contribution in [0.3, 0.4) is 0 Å². The number of hydrogen-bond acceptors (Lipinski definition) is 4. The minimum Gasteiger partial charge on any atom is -0.486 e. The van der Waals surface area contributed by atoms with E-state index in [9.17, 15) is 0 Å². The van der Waals surface area contributed by atoms with Gasteiger partial charge in [0.25, 0.3) is 0 Å².